The van der Waals surface area contributed by atoms with Crippen LogP contribution >= 0.6 is 0 Å². The Bertz CT molecular complexity index is 515. The summed E-state index contributed by atoms with van der Waals surface area (Å²) in [7, 11) is 0. The van der Waals surface area contributed by atoms with Gasteiger partial charge in [0.05, 0.1) is 18.9 Å². The van der Waals surface area contributed by atoms with E-state index >= 15 is 0 Å². The normalized spacial score (nSPS) is 18.3. The first-order chi connectivity index (χ1) is 10.1. The van der Waals surface area contributed by atoms with Crippen LogP contribution in [-0.4, -0.2) is 41.6 Å². The summed E-state index contributed by atoms with van der Waals surface area (Å²) in [6.07, 6.45) is 1.83. The first kappa shape index (κ1) is 15.4. The molecule has 1 saturated heterocycles. The van der Waals surface area contributed by atoms with E-state index in [1.54, 1.807) is 30.0 Å². The van der Waals surface area contributed by atoms with Gasteiger partial charge in [-0.3, -0.25) is 9.59 Å². The van der Waals surface area contributed by atoms with Crippen molar-refractivity contribution >= 4 is 11.9 Å². The zero-order valence-corrected chi connectivity index (χ0v) is 12.2. The number of benzene rings is 1. The molecule has 1 aromatic carbocycles. The molecule has 1 amide bonds. The van der Waals surface area contributed by atoms with Gasteiger partial charge in [0.15, 0.2) is 0 Å². The topological polar surface area (TPSA) is 66.8 Å². The molecule has 0 radical (unpaired) electrons. The van der Waals surface area contributed by atoms with Crippen molar-refractivity contribution in [3.8, 4) is 5.75 Å². The molecule has 1 unspecified atom stereocenters. The quantitative estimate of drug-likeness (QED) is 0.858. The van der Waals surface area contributed by atoms with E-state index in [2.05, 4.69) is 0 Å². The Morgan fingerprint density at radius 1 is 1.43 bits per heavy atom. The molecule has 2 rings (SSSR count). The van der Waals surface area contributed by atoms with E-state index in [0.717, 1.165) is 18.4 Å². The largest absolute Gasteiger partial charge is 0.508 e. The lowest BCUT2D eigenvalue weighted by Crippen LogP contribution is -2.43. The number of aromatic hydroxyl groups is 1. The fourth-order valence-electron chi connectivity index (χ4n) is 2.61. The number of ether oxygens (including phenoxy) is 1. The third kappa shape index (κ3) is 4.21. The van der Waals surface area contributed by atoms with Crippen LogP contribution in [0.5, 0.6) is 5.75 Å². The van der Waals surface area contributed by atoms with Crippen LogP contribution in [0.2, 0.25) is 0 Å². The average Bonchev–Trinajstić information content (AvgIpc) is 2.47. The van der Waals surface area contributed by atoms with E-state index in [0.29, 0.717) is 19.7 Å². The molecule has 0 spiro atoms. The van der Waals surface area contributed by atoms with Gasteiger partial charge in [-0.15, -0.1) is 0 Å². The SMILES string of the molecule is CCOC(=O)C1CCCN(C(=O)Cc2cccc(O)c2)C1. The molecule has 1 N–H and O–H groups in total. The zero-order chi connectivity index (χ0) is 15.2. The van der Waals surface area contributed by atoms with Gasteiger partial charge in [-0.25, -0.2) is 0 Å². The summed E-state index contributed by atoms with van der Waals surface area (Å²) in [4.78, 5) is 25.8. The minimum atomic E-state index is -0.216. The summed E-state index contributed by atoms with van der Waals surface area (Å²) in [5.74, 6) is -0.294. The Morgan fingerprint density at radius 2 is 2.24 bits per heavy atom. The van der Waals surface area contributed by atoms with Crippen molar-refractivity contribution in [3.05, 3.63) is 29.8 Å². The van der Waals surface area contributed by atoms with Gasteiger partial charge in [-0.2, -0.15) is 0 Å². The van der Waals surface area contributed by atoms with Gasteiger partial charge in [0.25, 0.3) is 0 Å². The van der Waals surface area contributed by atoms with Crippen molar-refractivity contribution < 1.29 is 19.4 Å². The number of hydrogen-bond acceptors (Lipinski definition) is 4. The molecule has 5 nitrogen and oxygen atoms in total. The van der Waals surface area contributed by atoms with Crippen LogP contribution in [0.4, 0.5) is 0 Å². The van der Waals surface area contributed by atoms with Gasteiger partial charge in [0.2, 0.25) is 5.91 Å². The second-order valence-corrected chi connectivity index (χ2v) is 5.28. The number of carbonyl (C=O) groups is 2. The van der Waals surface area contributed by atoms with Gasteiger partial charge >= 0.3 is 5.97 Å². The van der Waals surface area contributed by atoms with Crippen molar-refractivity contribution in [2.45, 2.75) is 26.2 Å². The molecule has 0 saturated carbocycles. The Kier molecular flexibility index (Phi) is 5.20. The molecular formula is C16H21NO4. The third-order valence-corrected chi connectivity index (χ3v) is 3.66. The van der Waals surface area contributed by atoms with Crippen molar-refractivity contribution in [2.24, 2.45) is 5.92 Å². The Morgan fingerprint density at radius 3 is 2.95 bits per heavy atom. The summed E-state index contributed by atoms with van der Waals surface area (Å²) in [6, 6.07) is 6.69. The number of esters is 1. The number of carbonyl (C=O) groups excluding carboxylic acids is 2. The third-order valence-electron chi connectivity index (χ3n) is 3.66. The van der Waals surface area contributed by atoms with Gasteiger partial charge in [0, 0.05) is 13.1 Å². The summed E-state index contributed by atoms with van der Waals surface area (Å²) >= 11 is 0. The van der Waals surface area contributed by atoms with Crippen LogP contribution in [0, 0.1) is 5.92 Å². The molecule has 1 atom stereocenters. The van der Waals surface area contributed by atoms with Crippen LogP contribution in [0.1, 0.15) is 25.3 Å². The number of amides is 1. The highest BCUT2D eigenvalue weighted by Crippen LogP contribution is 2.19. The van der Waals surface area contributed by atoms with Crippen molar-refractivity contribution in [3.63, 3.8) is 0 Å². The lowest BCUT2D eigenvalue weighted by molar-refractivity contribution is -0.151. The van der Waals surface area contributed by atoms with E-state index < -0.39 is 0 Å². The minimum Gasteiger partial charge on any atom is -0.508 e. The lowest BCUT2D eigenvalue weighted by Gasteiger charge is -2.31. The van der Waals surface area contributed by atoms with Crippen molar-refractivity contribution in [2.75, 3.05) is 19.7 Å². The van der Waals surface area contributed by atoms with Gasteiger partial charge in [-0.05, 0) is 37.5 Å². The molecule has 21 heavy (non-hydrogen) atoms. The molecule has 1 heterocycles. The predicted octanol–water partition coefficient (Wildman–Crippen LogP) is 1.74. The van der Waals surface area contributed by atoms with Crippen LogP contribution in [0.15, 0.2) is 24.3 Å². The minimum absolute atomic E-state index is 0.0189. The number of phenolic OH excluding ortho intramolecular Hbond substituents is 1. The average molecular weight is 291 g/mol. The highest BCUT2D eigenvalue weighted by Gasteiger charge is 2.29. The first-order valence-electron chi connectivity index (χ1n) is 7.32. The highest BCUT2D eigenvalue weighted by molar-refractivity contribution is 5.80. The number of likely N-dealkylation sites (tertiary alicyclic amines) is 1. The van der Waals surface area contributed by atoms with E-state index in [1.807, 2.05) is 6.07 Å². The second kappa shape index (κ2) is 7.11. The summed E-state index contributed by atoms with van der Waals surface area (Å²) in [6.45, 7) is 3.25. The maximum atomic E-state index is 12.3. The van der Waals surface area contributed by atoms with E-state index in [-0.39, 0.29) is 30.0 Å². The molecule has 0 aromatic heterocycles. The number of piperidine rings is 1. The Labute approximate surface area is 124 Å². The van der Waals surface area contributed by atoms with Crippen molar-refractivity contribution in [1.82, 2.24) is 4.90 Å². The molecule has 114 valence electrons. The highest BCUT2D eigenvalue weighted by atomic mass is 16.5. The number of phenols is 1. The van der Waals surface area contributed by atoms with E-state index in [1.165, 1.54) is 0 Å². The molecule has 5 heteroatoms. The van der Waals surface area contributed by atoms with Crippen LogP contribution in [0.25, 0.3) is 0 Å². The molecule has 0 bridgehead atoms. The molecular weight excluding hydrogens is 270 g/mol. The monoisotopic (exact) mass is 291 g/mol. The summed E-state index contributed by atoms with van der Waals surface area (Å²) in [5, 5.41) is 9.42. The van der Waals surface area contributed by atoms with Gasteiger partial charge in [0.1, 0.15) is 5.75 Å². The Balaban J connectivity index is 1.94. The molecule has 1 fully saturated rings. The molecule has 1 aromatic rings. The maximum Gasteiger partial charge on any atom is 0.310 e. The zero-order valence-electron chi connectivity index (χ0n) is 12.2. The van der Waals surface area contributed by atoms with Crippen molar-refractivity contribution in [1.29, 1.82) is 0 Å². The van der Waals surface area contributed by atoms with E-state index in [9.17, 15) is 14.7 Å². The second-order valence-electron chi connectivity index (χ2n) is 5.28. The van der Waals surface area contributed by atoms with Gasteiger partial charge in [-0.1, -0.05) is 12.1 Å². The van der Waals surface area contributed by atoms with Crippen LogP contribution in [0.3, 0.4) is 0 Å². The summed E-state index contributed by atoms with van der Waals surface area (Å²) < 4.78 is 5.03. The molecule has 1 aliphatic heterocycles. The lowest BCUT2D eigenvalue weighted by atomic mass is 9.97. The first-order valence-corrected chi connectivity index (χ1v) is 7.32. The van der Waals surface area contributed by atoms with Crippen LogP contribution < -0.4 is 0 Å². The standard InChI is InChI=1S/C16H21NO4/c1-2-21-16(20)13-6-4-8-17(11-13)15(19)10-12-5-3-7-14(18)9-12/h3,5,7,9,13,18H,2,4,6,8,10-11H2,1H3. The number of hydrogen-bond donors (Lipinski definition) is 1. The fraction of sp³-hybridized carbons (Fsp3) is 0.500. The molecule has 0 aliphatic carbocycles. The maximum absolute atomic E-state index is 12.3. The van der Waals surface area contributed by atoms with Gasteiger partial charge < -0.3 is 14.7 Å². The van der Waals surface area contributed by atoms with E-state index in [4.69, 9.17) is 4.74 Å². The number of rotatable bonds is 4. The molecule has 1 aliphatic rings. The smallest absolute Gasteiger partial charge is 0.310 e. The van der Waals surface area contributed by atoms with Crippen LogP contribution in [-0.2, 0) is 20.7 Å². The summed E-state index contributed by atoms with van der Waals surface area (Å²) in [5.41, 5.74) is 0.776. The number of nitrogens with zero attached hydrogens (tertiary/aromatic N) is 1. The fourth-order valence-corrected chi connectivity index (χ4v) is 2.61. The Hall–Kier alpha value is -2.04. The predicted molar refractivity (Wildman–Crippen MR) is 77.7 cm³/mol.